The van der Waals surface area contributed by atoms with Crippen LogP contribution in [-0.2, 0) is 28.8 Å². The number of hydrogen-bond acceptors (Lipinski definition) is 11. The van der Waals surface area contributed by atoms with Crippen molar-refractivity contribution in [2.45, 2.75) is 140 Å². The molecule has 5 fully saturated rings. The van der Waals surface area contributed by atoms with Crippen LogP contribution in [0.2, 0.25) is 0 Å². The molecule has 4 N–H and O–H groups in total. The van der Waals surface area contributed by atoms with Gasteiger partial charge in [0.05, 0.1) is 38.7 Å². The Bertz CT molecular complexity index is 2150. The zero-order valence-corrected chi connectivity index (χ0v) is 60.2. The number of thioether (sulfide) groups is 2. The first kappa shape index (κ1) is 85.8. The monoisotopic (exact) mass is 1370 g/mol. The van der Waals surface area contributed by atoms with Crippen molar-refractivity contribution in [2.75, 3.05) is 44.7 Å². The zero-order chi connectivity index (χ0) is 50.7. The molecule has 5 aliphatic rings. The quantitative estimate of drug-likeness (QED) is 0.138. The van der Waals surface area contributed by atoms with Crippen LogP contribution < -0.4 is 21.3 Å². The third-order valence-electron chi connectivity index (χ3n) is 15.1. The molecule has 0 aromatic heterocycles. The molecule has 2 aromatic carbocycles. The van der Waals surface area contributed by atoms with E-state index in [1.807, 2.05) is 109 Å². The number of fused-ring (bicyclic) bond motifs is 2. The van der Waals surface area contributed by atoms with E-state index in [1.165, 1.54) is 0 Å². The molecule has 2 aromatic rings. The summed E-state index contributed by atoms with van der Waals surface area (Å²) in [6.07, 6.45) is 3.19. The maximum Gasteiger partial charge on any atom is 0.249 e. The van der Waals surface area contributed by atoms with Crippen LogP contribution in [-0.4, -0.2) is 151 Å². The molecule has 0 saturated carbocycles. The third-order valence-corrected chi connectivity index (χ3v) is 18.6. The SMILES string of the molecule is CC[C@@H](C)C(=S)N[C@H]1CCS[C@H]2CC(C)(C)[C@@H](C(=O)N[C@H](C(=O)N3CCN(C(=O)[C@@H](CC(=O)[C@H]4N5C(=O)[C@@H](NC(=S)[C@H](C)NC)CCS[C@H]5CC4(C)C)c4ccccc4)CC3)c3ccccc3)N2C1=O.S.S.S.S.S.S.S.S.S.S. The number of nitrogens with zero attached hydrogens (tertiary/aromatic N) is 4. The fourth-order valence-electron chi connectivity index (χ4n) is 10.8. The van der Waals surface area contributed by atoms with Crippen LogP contribution in [0.25, 0.3) is 0 Å². The Morgan fingerprint density at radius 1 is 0.625 bits per heavy atom. The average molecular weight is 1370 g/mol. The molecule has 5 amide bonds. The Morgan fingerprint density at radius 2 is 1.04 bits per heavy atom. The molecule has 14 nitrogen and oxygen atoms in total. The second kappa shape index (κ2) is 37.8. The van der Waals surface area contributed by atoms with Gasteiger partial charge in [0, 0.05) is 38.5 Å². The Kier molecular flexibility index (Phi) is 40.6. The van der Waals surface area contributed by atoms with Gasteiger partial charge in [-0.2, -0.15) is 135 Å². The van der Waals surface area contributed by atoms with Gasteiger partial charge in [-0.05, 0) is 79.5 Å². The zero-order valence-electron chi connectivity index (χ0n) is 46.9. The normalized spacial score (nSPS) is 23.6. The number of amides is 5. The Morgan fingerprint density at radius 3 is 1.49 bits per heavy atom. The molecule has 0 aliphatic carbocycles. The highest BCUT2D eigenvalue weighted by Gasteiger charge is 2.56. The maximum atomic E-state index is 14.9. The van der Waals surface area contributed by atoms with E-state index in [-0.39, 0.29) is 220 Å². The van der Waals surface area contributed by atoms with Gasteiger partial charge < -0.3 is 40.9 Å². The minimum Gasteiger partial charge on any atom is -0.368 e. The lowest BCUT2D eigenvalue weighted by Crippen LogP contribution is -2.59. The highest BCUT2D eigenvalue weighted by molar-refractivity contribution is 8.00. The number of hydrogen-bond donors (Lipinski definition) is 4. The van der Waals surface area contributed by atoms with Gasteiger partial charge >= 0.3 is 0 Å². The number of ketones is 1. The molecular formula is C52H92N8O6S14. The summed E-state index contributed by atoms with van der Waals surface area (Å²) in [5, 5.41) is 12.5. The lowest BCUT2D eigenvalue weighted by Gasteiger charge is -2.39. The van der Waals surface area contributed by atoms with Crippen molar-refractivity contribution in [2.24, 2.45) is 16.7 Å². The number of nitrogens with one attached hydrogen (secondary N) is 4. The summed E-state index contributed by atoms with van der Waals surface area (Å²) in [5.74, 6) is -0.609. The van der Waals surface area contributed by atoms with E-state index in [2.05, 4.69) is 28.2 Å². The van der Waals surface area contributed by atoms with Crippen molar-refractivity contribution < 1.29 is 28.8 Å². The van der Waals surface area contributed by atoms with E-state index in [9.17, 15) is 28.8 Å². The highest BCUT2D eigenvalue weighted by Crippen LogP contribution is 2.48. The fraction of sp³-hybridized carbons (Fsp3) is 0.615. The van der Waals surface area contributed by atoms with Gasteiger partial charge in [0.15, 0.2) is 5.78 Å². The standard InChI is InChI=1S/C52H72N8O6S4.10H2S/c1-9-31(2)45(67)54-36-20-26-70-40-30-52(6,7)43(60(40)49(36)65)44(62)56-41(34-18-14-11-15-19-34)50(66)58-24-22-57(23-25-58)47(63)35(33-16-12-10-13-17-33)28-38(61)42-51(4,5)29-39-59(42)48(64)37(21-27-69-39)55-46(68)32(3)53-8;;;;;;;;;;/h10-19,31-32,35-37,39-43,53H,9,20-30H2,1-8H3,(H,54,67)(H,55,68)(H,56,62);10*1H2/t31-,32+,35+,36+,37+,39+,40+,41+,42-,43-;;;;;;;;;;/m1........../s1. The van der Waals surface area contributed by atoms with Crippen molar-refractivity contribution in [3.63, 3.8) is 0 Å². The topological polar surface area (TPSA) is 164 Å². The summed E-state index contributed by atoms with van der Waals surface area (Å²) < 4.78 is 0. The van der Waals surface area contributed by atoms with Crippen molar-refractivity contribution in [3.8, 4) is 0 Å². The van der Waals surface area contributed by atoms with Crippen molar-refractivity contribution in [3.05, 3.63) is 71.8 Å². The number of likely N-dealkylation sites (N-methyl/N-ethyl adjacent to an activating group) is 1. The molecule has 7 rings (SSSR count). The van der Waals surface area contributed by atoms with E-state index >= 15 is 0 Å². The summed E-state index contributed by atoms with van der Waals surface area (Å²) >= 11 is 14.7. The van der Waals surface area contributed by atoms with Crippen LogP contribution in [0.1, 0.15) is 110 Å². The van der Waals surface area contributed by atoms with Gasteiger partial charge in [0.25, 0.3) is 0 Å². The molecule has 5 saturated heterocycles. The third kappa shape index (κ3) is 19.7. The van der Waals surface area contributed by atoms with E-state index in [0.717, 1.165) is 17.9 Å². The Labute approximate surface area is 565 Å². The molecule has 80 heavy (non-hydrogen) atoms. The molecule has 10 atom stereocenters. The molecular weight excluding hydrogens is 1280 g/mol. The molecule has 460 valence electrons. The van der Waals surface area contributed by atoms with Gasteiger partial charge in [-0.1, -0.05) is 127 Å². The predicted molar refractivity (Wildman–Crippen MR) is 390 cm³/mol. The van der Waals surface area contributed by atoms with E-state index in [1.54, 1.807) is 43.1 Å². The van der Waals surface area contributed by atoms with E-state index in [4.69, 9.17) is 24.4 Å². The van der Waals surface area contributed by atoms with Crippen LogP contribution in [0.4, 0.5) is 0 Å². The first-order valence-corrected chi connectivity index (χ1v) is 27.9. The lowest BCUT2D eigenvalue weighted by atomic mass is 9.79. The number of rotatable bonds is 15. The lowest BCUT2D eigenvalue weighted by molar-refractivity contribution is -0.146. The van der Waals surface area contributed by atoms with Crippen LogP contribution >= 0.6 is 183 Å². The van der Waals surface area contributed by atoms with Crippen LogP contribution in [0.3, 0.4) is 0 Å². The van der Waals surface area contributed by atoms with Crippen molar-refractivity contribution in [1.82, 2.24) is 40.9 Å². The minimum atomic E-state index is -1.04. The van der Waals surface area contributed by atoms with E-state index < -0.39 is 52.9 Å². The predicted octanol–water partition coefficient (Wildman–Crippen LogP) is 6.79. The Balaban J connectivity index is -0.00000289. The van der Waals surface area contributed by atoms with Gasteiger partial charge in [-0.15, -0.1) is 23.5 Å². The van der Waals surface area contributed by atoms with Gasteiger partial charge in [-0.3, -0.25) is 28.8 Å². The van der Waals surface area contributed by atoms with Crippen molar-refractivity contribution in [1.29, 1.82) is 0 Å². The summed E-state index contributed by atoms with van der Waals surface area (Å²) in [5.41, 5.74) is 0.197. The number of carbonyl (C=O) groups is 6. The molecule has 5 aliphatic heterocycles. The molecule has 0 unspecified atom stereocenters. The number of piperazine rings is 1. The number of Topliss-reactive ketones (excluding diaryl/α,β-unsaturated/α-hetero) is 1. The van der Waals surface area contributed by atoms with Gasteiger partial charge in [-0.25, -0.2) is 0 Å². The van der Waals surface area contributed by atoms with Gasteiger partial charge in [0.2, 0.25) is 29.5 Å². The smallest absolute Gasteiger partial charge is 0.249 e. The van der Waals surface area contributed by atoms with Crippen LogP contribution in [0, 0.1) is 16.7 Å². The largest absolute Gasteiger partial charge is 0.368 e. The molecule has 0 spiro atoms. The summed E-state index contributed by atoms with van der Waals surface area (Å²) in [6, 6.07) is 14.6. The van der Waals surface area contributed by atoms with Crippen LogP contribution in [0.5, 0.6) is 0 Å². The summed E-state index contributed by atoms with van der Waals surface area (Å²) in [7, 11) is 1.82. The van der Waals surface area contributed by atoms with Crippen molar-refractivity contribution >= 4 is 228 Å². The van der Waals surface area contributed by atoms with E-state index in [0.29, 0.717) is 46.8 Å². The molecule has 28 heteroatoms. The summed E-state index contributed by atoms with van der Waals surface area (Å²) in [6.45, 7) is 15.0. The Hall–Kier alpha value is -0.600. The van der Waals surface area contributed by atoms with Gasteiger partial charge in [0.1, 0.15) is 24.2 Å². The number of carbonyl (C=O) groups excluding carboxylic acids is 6. The number of benzene rings is 2. The first-order chi connectivity index (χ1) is 33.3. The molecule has 5 heterocycles. The average Bonchev–Trinajstić information content (AvgIpc) is 3.67. The highest BCUT2D eigenvalue weighted by atomic mass is 32.2. The van der Waals surface area contributed by atoms with Crippen LogP contribution in [0.15, 0.2) is 60.7 Å². The second-order valence-electron chi connectivity index (χ2n) is 21.0. The minimum absolute atomic E-state index is 0. The maximum absolute atomic E-state index is 14.9. The summed E-state index contributed by atoms with van der Waals surface area (Å²) in [4.78, 5) is 96.1. The number of thiocarbonyl (C=S) groups is 2. The second-order valence-corrected chi connectivity index (χ2v) is 24.4. The molecule has 0 bridgehead atoms. The fourth-order valence-corrected chi connectivity index (χ4v) is 14.5. The first-order valence-electron chi connectivity index (χ1n) is 24.9. The molecule has 0 radical (unpaired) electrons.